The van der Waals surface area contributed by atoms with Crippen LogP contribution < -0.4 is 0 Å². The van der Waals surface area contributed by atoms with Crippen molar-refractivity contribution in [3.8, 4) is 0 Å². The number of benzene rings is 2. The highest BCUT2D eigenvalue weighted by molar-refractivity contribution is 7.92. The maximum Gasteiger partial charge on any atom is 0.320 e. The lowest BCUT2D eigenvalue weighted by Crippen LogP contribution is -2.24. The van der Waals surface area contributed by atoms with Gasteiger partial charge in [-0.1, -0.05) is 60.7 Å². The number of ether oxygens (including phenoxy) is 1. The van der Waals surface area contributed by atoms with Crippen LogP contribution in [0.2, 0.25) is 0 Å². The molecule has 0 bridgehead atoms. The van der Waals surface area contributed by atoms with Crippen LogP contribution >= 0.6 is 0 Å². The van der Waals surface area contributed by atoms with Gasteiger partial charge in [0, 0.05) is 0 Å². The smallest absolute Gasteiger partial charge is 0.320 e. The minimum atomic E-state index is -3.71. The third-order valence-electron chi connectivity index (χ3n) is 3.11. The molecule has 5 heteroatoms. The summed E-state index contributed by atoms with van der Waals surface area (Å²) in [5.41, 5.74) is 1.26. The Kier molecular flexibility index (Phi) is 4.75. The highest BCUT2D eigenvalue weighted by Crippen LogP contribution is 2.30. The lowest BCUT2D eigenvalue weighted by atomic mass is 10.0. The van der Waals surface area contributed by atoms with Gasteiger partial charge in [0.2, 0.25) is 0 Å². The third kappa shape index (κ3) is 3.70. The average Bonchev–Trinajstić information content (AvgIpc) is 2.48. The van der Waals surface area contributed by atoms with Crippen molar-refractivity contribution in [2.75, 3.05) is 12.9 Å². The zero-order valence-corrected chi connectivity index (χ0v) is 12.4. The molecule has 21 heavy (non-hydrogen) atoms. The number of rotatable bonds is 5. The van der Waals surface area contributed by atoms with Gasteiger partial charge < -0.3 is 4.74 Å². The summed E-state index contributed by atoms with van der Waals surface area (Å²) in [6.07, 6.45) is 0. The number of carbonyl (C=O) groups excluding carboxylic acids is 1. The van der Waals surface area contributed by atoms with Crippen molar-refractivity contribution in [1.29, 1.82) is 0 Å². The molecule has 0 spiro atoms. The summed E-state index contributed by atoms with van der Waals surface area (Å²) in [6, 6.07) is 17.7. The van der Waals surface area contributed by atoms with E-state index in [0.717, 1.165) is 0 Å². The topological polar surface area (TPSA) is 60.4 Å². The van der Waals surface area contributed by atoms with Crippen molar-refractivity contribution in [2.45, 2.75) is 5.25 Å². The summed E-state index contributed by atoms with van der Waals surface area (Å²) in [5, 5.41) is -0.876. The van der Waals surface area contributed by atoms with Crippen LogP contribution in [0.5, 0.6) is 0 Å². The highest BCUT2D eigenvalue weighted by Gasteiger charge is 2.31. The van der Waals surface area contributed by atoms with Crippen molar-refractivity contribution in [3.63, 3.8) is 0 Å². The standard InChI is InChI=1S/C16H16O4S/c1-20-15(17)12-21(18,19)16(13-8-4-2-5-9-13)14-10-6-3-7-11-14/h2-11,16H,12H2,1H3. The Morgan fingerprint density at radius 1 is 0.952 bits per heavy atom. The molecule has 0 saturated carbocycles. The molecule has 0 saturated heterocycles. The van der Waals surface area contributed by atoms with Gasteiger partial charge in [-0.15, -0.1) is 0 Å². The van der Waals surface area contributed by atoms with Gasteiger partial charge in [-0.25, -0.2) is 8.42 Å². The van der Waals surface area contributed by atoms with E-state index in [1.807, 2.05) is 12.1 Å². The van der Waals surface area contributed by atoms with E-state index in [-0.39, 0.29) is 0 Å². The van der Waals surface area contributed by atoms with Crippen LogP contribution in [-0.2, 0) is 19.4 Å². The molecule has 0 heterocycles. The highest BCUT2D eigenvalue weighted by atomic mass is 32.2. The molecule has 2 aromatic carbocycles. The first-order valence-electron chi connectivity index (χ1n) is 6.43. The normalized spacial score (nSPS) is 11.3. The van der Waals surface area contributed by atoms with Crippen LogP contribution in [0.25, 0.3) is 0 Å². The second kappa shape index (κ2) is 6.54. The monoisotopic (exact) mass is 304 g/mol. The first kappa shape index (κ1) is 15.3. The Bertz CT molecular complexity index is 654. The summed E-state index contributed by atoms with van der Waals surface area (Å²) in [5.74, 6) is -1.40. The largest absolute Gasteiger partial charge is 0.468 e. The minimum absolute atomic E-state index is 0.632. The van der Waals surface area contributed by atoms with Crippen LogP contribution in [0.1, 0.15) is 16.4 Å². The van der Waals surface area contributed by atoms with Crippen molar-refractivity contribution < 1.29 is 17.9 Å². The fourth-order valence-corrected chi connectivity index (χ4v) is 3.93. The molecule has 0 amide bonds. The summed E-state index contributed by atoms with van der Waals surface area (Å²) >= 11 is 0. The van der Waals surface area contributed by atoms with Gasteiger partial charge in [0.15, 0.2) is 9.84 Å². The first-order chi connectivity index (χ1) is 10.0. The molecule has 0 atom stereocenters. The molecule has 0 fully saturated rings. The van der Waals surface area contributed by atoms with Crippen molar-refractivity contribution >= 4 is 15.8 Å². The van der Waals surface area contributed by atoms with Crippen LogP contribution in [-0.4, -0.2) is 27.2 Å². The van der Waals surface area contributed by atoms with Gasteiger partial charge in [-0.2, -0.15) is 0 Å². The molecule has 0 aliphatic rings. The van der Waals surface area contributed by atoms with Gasteiger partial charge in [0.25, 0.3) is 0 Å². The Balaban J connectivity index is 2.50. The number of carbonyl (C=O) groups is 1. The summed E-state index contributed by atoms with van der Waals surface area (Å²) in [4.78, 5) is 11.4. The quantitative estimate of drug-likeness (QED) is 0.796. The number of sulfone groups is 1. The predicted molar refractivity (Wildman–Crippen MR) is 80.5 cm³/mol. The first-order valence-corrected chi connectivity index (χ1v) is 8.14. The molecule has 2 aromatic rings. The van der Waals surface area contributed by atoms with Gasteiger partial charge in [0.1, 0.15) is 11.0 Å². The SMILES string of the molecule is COC(=O)CS(=O)(=O)C(c1ccccc1)c1ccccc1. The Labute approximate surface area is 124 Å². The van der Waals surface area contributed by atoms with E-state index >= 15 is 0 Å². The van der Waals surface area contributed by atoms with Gasteiger partial charge in [-0.05, 0) is 11.1 Å². The maximum atomic E-state index is 12.6. The van der Waals surface area contributed by atoms with E-state index in [4.69, 9.17) is 0 Å². The molecule has 0 aliphatic heterocycles. The average molecular weight is 304 g/mol. The third-order valence-corrected chi connectivity index (χ3v) is 5.01. The Hall–Kier alpha value is -2.14. The number of methoxy groups -OCH3 is 1. The second-order valence-corrected chi connectivity index (χ2v) is 6.67. The van der Waals surface area contributed by atoms with Crippen molar-refractivity contribution in [2.24, 2.45) is 0 Å². The minimum Gasteiger partial charge on any atom is -0.468 e. The van der Waals surface area contributed by atoms with Gasteiger partial charge in [0.05, 0.1) is 7.11 Å². The number of esters is 1. The van der Waals surface area contributed by atoms with E-state index in [2.05, 4.69) is 4.74 Å². The van der Waals surface area contributed by atoms with E-state index in [1.165, 1.54) is 7.11 Å². The zero-order chi connectivity index (χ0) is 15.3. The van der Waals surface area contributed by atoms with Crippen LogP contribution in [0.3, 0.4) is 0 Å². The molecule has 0 unspecified atom stereocenters. The fraction of sp³-hybridized carbons (Fsp3) is 0.188. The van der Waals surface area contributed by atoms with Gasteiger partial charge >= 0.3 is 5.97 Å². The summed E-state index contributed by atoms with van der Waals surface area (Å²) in [7, 11) is -2.54. The van der Waals surface area contributed by atoms with E-state index in [0.29, 0.717) is 11.1 Å². The lowest BCUT2D eigenvalue weighted by Gasteiger charge is -2.18. The van der Waals surface area contributed by atoms with E-state index in [9.17, 15) is 13.2 Å². The predicted octanol–water partition coefficient (Wildman–Crippen LogP) is 2.36. The molecule has 2 rings (SSSR count). The lowest BCUT2D eigenvalue weighted by molar-refractivity contribution is -0.137. The van der Waals surface area contributed by atoms with E-state index < -0.39 is 26.8 Å². The molecule has 0 radical (unpaired) electrons. The zero-order valence-electron chi connectivity index (χ0n) is 11.6. The van der Waals surface area contributed by atoms with Gasteiger partial charge in [-0.3, -0.25) is 4.79 Å². The van der Waals surface area contributed by atoms with Crippen LogP contribution in [0.15, 0.2) is 60.7 Å². The Morgan fingerprint density at radius 2 is 1.38 bits per heavy atom. The fourth-order valence-electron chi connectivity index (χ4n) is 2.17. The van der Waals surface area contributed by atoms with Crippen LogP contribution in [0, 0.1) is 0 Å². The number of hydrogen-bond acceptors (Lipinski definition) is 4. The molecule has 4 nitrogen and oxygen atoms in total. The Morgan fingerprint density at radius 3 is 1.76 bits per heavy atom. The number of hydrogen-bond donors (Lipinski definition) is 0. The van der Waals surface area contributed by atoms with E-state index in [1.54, 1.807) is 48.5 Å². The summed E-state index contributed by atoms with van der Waals surface area (Å²) in [6.45, 7) is 0. The van der Waals surface area contributed by atoms with Crippen molar-refractivity contribution in [3.05, 3.63) is 71.8 Å². The van der Waals surface area contributed by atoms with Crippen molar-refractivity contribution in [1.82, 2.24) is 0 Å². The van der Waals surface area contributed by atoms with Crippen LogP contribution in [0.4, 0.5) is 0 Å². The molecule has 0 aliphatic carbocycles. The maximum absolute atomic E-state index is 12.6. The molecule has 110 valence electrons. The second-order valence-electron chi connectivity index (χ2n) is 4.58. The molecular weight excluding hydrogens is 288 g/mol. The summed E-state index contributed by atoms with van der Waals surface area (Å²) < 4.78 is 29.7. The molecule has 0 aromatic heterocycles. The molecular formula is C16H16O4S. The molecule has 0 N–H and O–H groups in total.